The van der Waals surface area contributed by atoms with E-state index in [-0.39, 0.29) is 6.04 Å². The predicted octanol–water partition coefficient (Wildman–Crippen LogP) is 4.32. The Morgan fingerprint density at radius 1 is 1.05 bits per heavy atom. The minimum atomic E-state index is 0.256. The molecule has 1 unspecified atom stereocenters. The van der Waals surface area contributed by atoms with Crippen molar-refractivity contribution in [1.29, 1.82) is 0 Å². The highest BCUT2D eigenvalue weighted by molar-refractivity contribution is 5.42. The van der Waals surface area contributed by atoms with Crippen LogP contribution in [0.4, 0.5) is 0 Å². The summed E-state index contributed by atoms with van der Waals surface area (Å²) in [4.78, 5) is 0. The van der Waals surface area contributed by atoms with Crippen LogP contribution in [0.15, 0.2) is 18.2 Å². The van der Waals surface area contributed by atoms with Crippen molar-refractivity contribution >= 4 is 0 Å². The molecule has 2 rings (SSSR count). The van der Waals surface area contributed by atoms with Crippen LogP contribution in [0.3, 0.4) is 0 Å². The molecule has 3 nitrogen and oxygen atoms in total. The molecule has 0 heterocycles. The van der Waals surface area contributed by atoms with Gasteiger partial charge >= 0.3 is 0 Å². The third-order valence-corrected chi connectivity index (χ3v) is 4.77. The fourth-order valence-electron chi connectivity index (χ4n) is 3.43. The van der Waals surface area contributed by atoms with Crippen LogP contribution in [0.1, 0.15) is 57.6 Å². The van der Waals surface area contributed by atoms with Crippen molar-refractivity contribution in [2.24, 2.45) is 5.92 Å². The second-order valence-corrected chi connectivity index (χ2v) is 6.18. The Kier molecular flexibility index (Phi) is 5.92. The average Bonchev–Trinajstić information content (AvgIpc) is 2.54. The van der Waals surface area contributed by atoms with Gasteiger partial charge in [-0.25, -0.2) is 0 Å². The lowest BCUT2D eigenvalue weighted by Gasteiger charge is -2.31. The minimum absolute atomic E-state index is 0.256. The van der Waals surface area contributed by atoms with E-state index in [1.54, 1.807) is 14.2 Å². The molecule has 118 valence electrons. The van der Waals surface area contributed by atoms with Gasteiger partial charge in [-0.2, -0.15) is 0 Å². The number of benzene rings is 1. The zero-order valence-corrected chi connectivity index (χ0v) is 13.8. The van der Waals surface area contributed by atoms with Crippen LogP contribution in [-0.2, 0) is 0 Å². The van der Waals surface area contributed by atoms with Crippen molar-refractivity contribution in [2.45, 2.75) is 58.0 Å². The summed E-state index contributed by atoms with van der Waals surface area (Å²) in [6, 6.07) is 6.80. The molecule has 1 aromatic rings. The van der Waals surface area contributed by atoms with Crippen LogP contribution in [0.2, 0.25) is 0 Å². The van der Waals surface area contributed by atoms with Gasteiger partial charge in [-0.3, -0.25) is 0 Å². The van der Waals surface area contributed by atoms with E-state index in [0.717, 1.165) is 17.4 Å². The summed E-state index contributed by atoms with van der Waals surface area (Å²) in [5.74, 6) is 2.61. The molecule has 0 bridgehead atoms. The highest BCUT2D eigenvalue weighted by Crippen LogP contribution is 2.31. The van der Waals surface area contributed by atoms with E-state index in [4.69, 9.17) is 9.47 Å². The quantitative estimate of drug-likeness (QED) is 0.846. The van der Waals surface area contributed by atoms with Gasteiger partial charge in [0.25, 0.3) is 0 Å². The zero-order chi connectivity index (χ0) is 15.2. The Balaban J connectivity index is 2.06. The first-order valence-electron chi connectivity index (χ1n) is 8.13. The van der Waals surface area contributed by atoms with Gasteiger partial charge in [0.15, 0.2) is 0 Å². The largest absolute Gasteiger partial charge is 0.497 e. The number of hydrogen-bond acceptors (Lipinski definition) is 3. The van der Waals surface area contributed by atoms with Crippen LogP contribution in [0.25, 0.3) is 0 Å². The number of methoxy groups -OCH3 is 2. The van der Waals surface area contributed by atoms with E-state index < -0.39 is 0 Å². The molecule has 1 aromatic carbocycles. The maximum absolute atomic E-state index is 5.50. The molecule has 0 aromatic heterocycles. The van der Waals surface area contributed by atoms with E-state index in [2.05, 4.69) is 25.2 Å². The summed E-state index contributed by atoms with van der Waals surface area (Å²) in [5.41, 5.74) is 1.17. The molecule has 0 radical (unpaired) electrons. The number of nitrogens with one attached hydrogen (secondary N) is 1. The molecule has 2 atom stereocenters. The van der Waals surface area contributed by atoms with Crippen LogP contribution in [-0.4, -0.2) is 20.3 Å². The van der Waals surface area contributed by atoms with E-state index in [0.29, 0.717) is 6.04 Å². The summed E-state index contributed by atoms with van der Waals surface area (Å²) in [6.07, 6.45) is 6.88. The smallest absolute Gasteiger partial charge is 0.123 e. The number of hydrogen-bond donors (Lipinski definition) is 1. The summed E-state index contributed by atoms with van der Waals surface area (Å²) in [6.45, 7) is 4.52. The van der Waals surface area contributed by atoms with Crippen LogP contribution >= 0.6 is 0 Å². The fourth-order valence-corrected chi connectivity index (χ4v) is 3.43. The monoisotopic (exact) mass is 291 g/mol. The maximum Gasteiger partial charge on any atom is 0.123 e. The van der Waals surface area contributed by atoms with Gasteiger partial charge in [0.05, 0.1) is 14.2 Å². The third-order valence-electron chi connectivity index (χ3n) is 4.77. The van der Waals surface area contributed by atoms with Crippen LogP contribution in [0.5, 0.6) is 11.5 Å². The Morgan fingerprint density at radius 2 is 1.76 bits per heavy atom. The Labute approximate surface area is 129 Å². The summed E-state index contributed by atoms with van der Waals surface area (Å²) in [5, 5.41) is 3.76. The van der Waals surface area contributed by atoms with E-state index in [1.165, 1.54) is 37.7 Å². The molecule has 1 saturated carbocycles. The molecule has 0 amide bonds. The second-order valence-electron chi connectivity index (χ2n) is 6.18. The summed E-state index contributed by atoms with van der Waals surface area (Å²) in [7, 11) is 3.43. The molecule has 0 saturated heterocycles. The SMILES string of the molecule is COc1ccc(OC)c(C(C)N[C@H](C)C2CCCCC2)c1. The standard InChI is InChI=1S/C18H29NO2/c1-13(15-8-6-5-7-9-15)19-14(2)17-12-16(20-3)10-11-18(17)21-4/h10-15,19H,5-9H2,1-4H3/t13-,14?/m1/s1. The van der Waals surface area contributed by atoms with Gasteiger partial charge in [0.2, 0.25) is 0 Å². The van der Waals surface area contributed by atoms with Crippen molar-refractivity contribution in [3.05, 3.63) is 23.8 Å². The third kappa shape index (κ3) is 4.13. The van der Waals surface area contributed by atoms with Crippen molar-refractivity contribution in [2.75, 3.05) is 14.2 Å². The summed E-state index contributed by atoms with van der Waals surface area (Å²) >= 11 is 0. The van der Waals surface area contributed by atoms with Gasteiger partial charge in [0, 0.05) is 17.6 Å². The Bertz CT molecular complexity index is 441. The molecule has 21 heavy (non-hydrogen) atoms. The van der Waals surface area contributed by atoms with Crippen molar-refractivity contribution in [1.82, 2.24) is 5.32 Å². The molecular weight excluding hydrogens is 262 g/mol. The molecule has 1 fully saturated rings. The second kappa shape index (κ2) is 7.69. The zero-order valence-electron chi connectivity index (χ0n) is 13.8. The fraction of sp³-hybridized carbons (Fsp3) is 0.667. The van der Waals surface area contributed by atoms with Crippen molar-refractivity contribution in [3.63, 3.8) is 0 Å². The van der Waals surface area contributed by atoms with Gasteiger partial charge < -0.3 is 14.8 Å². The van der Waals surface area contributed by atoms with E-state index in [1.807, 2.05) is 12.1 Å². The summed E-state index contributed by atoms with van der Waals surface area (Å²) < 4.78 is 10.8. The molecule has 1 aliphatic carbocycles. The normalized spacial score (nSPS) is 19.0. The van der Waals surface area contributed by atoms with Gasteiger partial charge in [0.1, 0.15) is 11.5 Å². The lowest BCUT2D eigenvalue weighted by Crippen LogP contribution is -2.36. The average molecular weight is 291 g/mol. The topological polar surface area (TPSA) is 30.5 Å². The molecule has 1 aliphatic rings. The molecule has 1 N–H and O–H groups in total. The van der Waals surface area contributed by atoms with Crippen molar-refractivity contribution < 1.29 is 9.47 Å². The molecule has 0 spiro atoms. The molecule has 3 heteroatoms. The highest BCUT2D eigenvalue weighted by Gasteiger charge is 2.22. The highest BCUT2D eigenvalue weighted by atomic mass is 16.5. The minimum Gasteiger partial charge on any atom is -0.497 e. The maximum atomic E-state index is 5.50. The predicted molar refractivity (Wildman–Crippen MR) is 87.1 cm³/mol. The Hall–Kier alpha value is -1.22. The molecular formula is C18H29NO2. The van der Waals surface area contributed by atoms with Crippen LogP contribution in [0, 0.1) is 5.92 Å². The lowest BCUT2D eigenvalue weighted by molar-refractivity contribution is 0.266. The van der Waals surface area contributed by atoms with E-state index >= 15 is 0 Å². The van der Waals surface area contributed by atoms with Crippen molar-refractivity contribution in [3.8, 4) is 11.5 Å². The number of rotatable bonds is 6. The van der Waals surface area contributed by atoms with Crippen LogP contribution < -0.4 is 14.8 Å². The van der Waals surface area contributed by atoms with Gasteiger partial charge in [-0.05, 0) is 50.8 Å². The van der Waals surface area contributed by atoms with Gasteiger partial charge in [-0.1, -0.05) is 19.3 Å². The first kappa shape index (κ1) is 16.2. The Morgan fingerprint density at radius 3 is 2.38 bits per heavy atom. The lowest BCUT2D eigenvalue weighted by atomic mass is 9.84. The first-order chi connectivity index (χ1) is 10.2. The molecule has 0 aliphatic heterocycles. The van der Waals surface area contributed by atoms with E-state index in [9.17, 15) is 0 Å². The van der Waals surface area contributed by atoms with Gasteiger partial charge in [-0.15, -0.1) is 0 Å². The first-order valence-corrected chi connectivity index (χ1v) is 8.13. The number of ether oxygens (including phenoxy) is 2.